The van der Waals surface area contributed by atoms with E-state index >= 15 is 0 Å². The molecule has 1 heterocycles. The highest BCUT2D eigenvalue weighted by Gasteiger charge is 2.18. The lowest BCUT2D eigenvalue weighted by Gasteiger charge is -2.20. The van der Waals surface area contributed by atoms with Crippen LogP contribution in [0.3, 0.4) is 0 Å². The second kappa shape index (κ2) is 5.85. The second-order valence-corrected chi connectivity index (χ2v) is 5.38. The highest BCUT2D eigenvalue weighted by atomic mass is 16.1. The van der Waals surface area contributed by atoms with Gasteiger partial charge >= 0.3 is 0 Å². The molecule has 0 atom stereocenters. The summed E-state index contributed by atoms with van der Waals surface area (Å²) in [5, 5.41) is 5.88. The summed E-state index contributed by atoms with van der Waals surface area (Å²) in [6.07, 6.45) is 1.02. The second-order valence-electron chi connectivity index (χ2n) is 5.38. The number of amides is 1. The molecule has 0 saturated carbocycles. The molecule has 1 rings (SSSR count). The molecule has 0 bridgehead atoms. The Labute approximate surface area is 109 Å². The Hall–Kier alpha value is -1.58. The molecule has 2 N–H and O–H groups in total. The van der Waals surface area contributed by atoms with E-state index in [1.54, 1.807) is 13.1 Å². The molecule has 0 aromatic carbocycles. The molecule has 4 heteroatoms. The van der Waals surface area contributed by atoms with Crippen LogP contribution in [0.15, 0.2) is 12.1 Å². The summed E-state index contributed by atoms with van der Waals surface area (Å²) in [7, 11) is 1.64. The number of rotatable bonds is 4. The average molecular weight is 249 g/mol. The van der Waals surface area contributed by atoms with Crippen LogP contribution in [0.5, 0.6) is 0 Å². The van der Waals surface area contributed by atoms with Crippen molar-refractivity contribution >= 4 is 11.7 Å². The molecular formula is C14H23N3O. The quantitative estimate of drug-likeness (QED) is 0.862. The van der Waals surface area contributed by atoms with E-state index in [1.807, 2.05) is 6.07 Å². The minimum atomic E-state index is -0.0811. The summed E-state index contributed by atoms with van der Waals surface area (Å²) < 4.78 is 0. The molecule has 0 spiro atoms. The fraction of sp³-hybridized carbons (Fsp3) is 0.571. The maximum absolute atomic E-state index is 11.8. The fourth-order valence-corrected chi connectivity index (χ4v) is 1.53. The van der Waals surface area contributed by atoms with Gasteiger partial charge in [0.05, 0.1) is 0 Å². The molecule has 18 heavy (non-hydrogen) atoms. The summed E-state index contributed by atoms with van der Waals surface area (Å²) >= 11 is 0. The third kappa shape index (κ3) is 3.72. The van der Waals surface area contributed by atoms with Crippen LogP contribution in [0.2, 0.25) is 0 Å². The van der Waals surface area contributed by atoms with Gasteiger partial charge < -0.3 is 10.6 Å². The standard InChI is InChI=1S/C14H23N3O/c1-6-7-16-12-9-10(13(18)15-5)8-11(17-12)14(2,3)4/h8-9H,6-7H2,1-5H3,(H,15,18)(H,16,17). The number of carbonyl (C=O) groups is 1. The van der Waals surface area contributed by atoms with Gasteiger partial charge in [0.15, 0.2) is 0 Å². The number of hydrogen-bond acceptors (Lipinski definition) is 3. The van der Waals surface area contributed by atoms with Gasteiger partial charge in [0.2, 0.25) is 0 Å². The van der Waals surface area contributed by atoms with Crippen molar-refractivity contribution in [3.63, 3.8) is 0 Å². The zero-order chi connectivity index (χ0) is 13.8. The first-order chi connectivity index (χ1) is 8.38. The van der Waals surface area contributed by atoms with Crippen LogP contribution >= 0.6 is 0 Å². The molecule has 0 saturated heterocycles. The van der Waals surface area contributed by atoms with Crippen molar-refractivity contribution in [2.75, 3.05) is 18.9 Å². The van der Waals surface area contributed by atoms with Crippen molar-refractivity contribution in [1.82, 2.24) is 10.3 Å². The Morgan fingerprint density at radius 1 is 1.33 bits per heavy atom. The van der Waals surface area contributed by atoms with Crippen LogP contribution in [-0.4, -0.2) is 24.5 Å². The SMILES string of the molecule is CCCNc1cc(C(=O)NC)cc(C(C)(C)C)n1. The highest BCUT2D eigenvalue weighted by molar-refractivity contribution is 5.94. The summed E-state index contributed by atoms with van der Waals surface area (Å²) in [5.74, 6) is 0.685. The average Bonchev–Trinajstić information content (AvgIpc) is 2.33. The van der Waals surface area contributed by atoms with Gasteiger partial charge in [-0.25, -0.2) is 4.98 Å². The minimum absolute atomic E-state index is 0.0767. The number of pyridine rings is 1. The van der Waals surface area contributed by atoms with Gasteiger partial charge in [-0.1, -0.05) is 27.7 Å². The number of aromatic nitrogens is 1. The van der Waals surface area contributed by atoms with Crippen LogP contribution in [0.25, 0.3) is 0 Å². The zero-order valence-electron chi connectivity index (χ0n) is 11.9. The summed E-state index contributed by atoms with van der Waals surface area (Å²) in [5.41, 5.74) is 1.49. The number of nitrogens with one attached hydrogen (secondary N) is 2. The first-order valence-electron chi connectivity index (χ1n) is 6.37. The van der Waals surface area contributed by atoms with Gasteiger partial charge in [-0.2, -0.15) is 0 Å². The van der Waals surface area contributed by atoms with E-state index < -0.39 is 0 Å². The van der Waals surface area contributed by atoms with E-state index in [0.29, 0.717) is 5.56 Å². The van der Waals surface area contributed by atoms with E-state index in [4.69, 9.17) is 0 Å². The Morgan fingerprint density at radius 3 is 2.50 bits per heavy atom. The van der Waals surface area contributed by atoms with Gasteiger partial charge in [0, 0.05) is 30.3 Å². The molecule has 1 amide bonds. The summed E-state index contributed by atoms with van der Waals surface area (Å²) in [6, 6.07) is 3.65. The van der Waals surface area contributed by atoms with E-state index in [1.165, 1.54) is 0 Å². The van der Waals surface area contributed by atoms with Crippen molar-refractivity contribution in [2.45, 2.75) is 39.5 Å². The van der Waals surface area contributed by atoms with Crippen molar-refractivity contribution in [1.29, 1.82) is 0 Å². The zero-order valence-corrected chi connectivity index (χ0v) is 11.9. The molecular weight excluding hydrogens is 226 g/mol. The van der Waals surface area contributed by atoms with Crippen LogP contribution in [-0.2, 0) is 5.41 Å². The maximum atomic E-state index is 11.8. The van der Waals surface area contributed by atoms with Gasteiger partial charge in [0.25, 0.3) is 5.91 Å². The third-order valence-corrected chi connectivity index (χ3v) is 2.64. The van der Waals surface area contributed by atoms with E-state index in [2.05, 4.69) is 43.3 Å². The lowest BCUT2D eigenvalue weighted by molar-refractivity contribution is 0.0963. The number of carbonyl (C=O) groups excluding carboxylic acids is 1. The maximum Gasteiger partial charge on any atom is 0.251 e. The number of nitrogens with zero attached hydrogens (tertiary/aromatic N) is 1. The molecule has 0 radical (unpaired) electrons. The fourth-order valence-electron chi connectivity index (χ4n) is 1.53. The largest absolute Gasteiger partial charge is 0.370 e. The molecule has 0 fully saturated rings. The Bertz CT molecular complexity index is 422. The van der Waals surface area contributed by atoms with Gasteiger partial charge in [-0.05, 0) is 18.6 Å². The molecule has 0 aliphatic heterocycles. The smallest absolute Gasteiger partial charge is 0.251 e. The first-order valence-corrected chi connectivity index (χ1v) is 6.37. The van der Waals surface area contributed by atoms with Crippen LogP contribution in [0, 0.1) is 0 Å². The van der Waals surface area contributed by atoms with E-state index in [-0.39, 0.29) is 11.3 Å². The first kappa shape index (κ1) is 14.5. The van der Waals surface area contributed by atoms with Gasteiger partial charge in [-0.3, -0.25) is 4.79 Å². The summed E-state index contributed by atoms with van der Waals surface area (Å²) in [4.78, 5) is 16.3. The van der Waals surface area contributed by atoms with Crippen LogP contribution in [0.1, 0.15) is 50.2 Å². The van der Waals surface area contributed by atoms with Crippen molar-refractivity contribution in [3.05, 3.63) is 23.4 Å². The van der Waals surface area contributed by atoms with Crippen molar-refractivity contribution < 1.29 is 4.79 Å². The Morgan fingerprint density at radius 2 is 2.00 bits per heavy atom. The van der Waals surface area contributed by atoms with Gasteiger partial charge in [-0.15, -0.1) is 0 Å². The predicted molar refractivity (Wildman–Crippen MR) is 75.1 cm³/mol. The molecule has 0 unspecified atom stereocenters. The van der Waals surface area contributed by atoms with E-state index in [0.717, 1.165) is 24.5 Å². The molecule has 0 aliphatic rings. The number of anilines is 1. The molecule has 100 valence electrons. The van der Waals surface area contributed by atoms with Crippen molar-refractivity contribution in [3.8, 4) is 0 Å². The topological polar surface area (TPSA) is 54.0 Å². The molecule has 0 aliphatic carbocycles. The van der Waals surface area contributed by atoms with Crippen LogP contribution in [0.4, 0.5) is 5.82 Å². The van der Waals surface area contributed by atoms with Crippen molar-refractivity contribution in [2.24, 2.45) is 0 Å². The van der Waals surface area contributed by atoms with E-state index in [9.17, 15) is 4.79 Å². The normalized spacial score (nSPS) is 11.2. The molecule has 1 aromatic heterocycles. The highest BCUT2D eigenvalue weighted by Crippen LogP contribution is 2.23. The molecule has 1 aromatic rings. The number of hydrogen-bond donors (Lipinski definition) is 2. The molecule has 4 nitrogen and oxygen atoms in total. The lowest BCUT2D eigenvalue weighted by Crippen LogP contribution is -2.21. The third-order valence-electron chi connectivity index (χ3n) is 2.64. The van der Waals surface area contributed by atoms with Crippen LogP contribution < -0.4 is 10.6 Å². The summed E-state index contributed by atoms with van der Waals surface area (Å²) in [6.45, 7) is 9.22. The Kier molecular flexibility index (Phi) is 4.70. The predicted octanol–water partition coefficient (Wildman–Crippen LogP) is 2.56. The van der Waals surface area contributed by atoms with Gasteiger partial charge in [0.1, 0.15) is 5.82 Å². The monoisotopic (exact) mass is 249 g/mol. The lowest BCUT2D eigenvalue weighted by atomic mass is 9.90. The Balaban J connectivity index is 3.16. The minimum Gasteiger partial charge on any atom is -0.370 e.